The average molecular weight is 324 g/mol. The van der Waals surface area contributed by atoms with Crippen molar-refractivity contribution >= 4 is 0 Å². The van der Waals surface area contributed by atoms with Gasteiger partial charge in [0.1, 0.15) is 0 Å². The third-order valence-electron chi connectivity index (χ3n) is 0.911. The zero-order valence-electron chi connectivity index (χ0n) is 5.85. The van der Waals surface area contributed by atoms with Gasteiger partial charge in [-0.05, 0) is 0 Å². The summed E-state index contributed by atoms with van der Waals surface area (Å²) in [7, 11) is 0. The molecule has 0 saturated carbocycles. The predicted octanol–water partition coefficient (Wildman–Crippen LogP) is 1.29. The SMILES string of the molecule is [Ir].c1cc[n-]c1.c1cc[n-]c1. The molecule has 2 rings (SSSR count). The molecule has 2 heterocycles. The van der Waals surface area contributed by atoms with Crippen LogP contribution >= 0.6 is 0 Å². The molecule has 0 spiro atoms. The van der Waals surface area contributed by atoms with E-state index in [1.807, 2.05) is 24.3 Å². The van der Waals surface area contributed by atoms with E-state index in [4.69, 9.17) is 0 Å². The van der Waals surface area contributed by atoms with Crippen molar-refractivity contribution in [3.05, 3.63) is 49.1 Å². The van der Waals surface area contributed by atoms with Crippen LogP contribution in [0, 0.1) is 0 Å². The number of nitrogens with zero attached hydrogens (tertiary/aromatic N) is 2. The molecule has 0 amide bonds. The summed E-state index contributed by atoms with van der Waals surface area (Å²) in [5.41, 5.74) is 0. The zero-order chi connectivity index (χ0) is 7.07. The Kier molecular flexibility index (Phi) is 6.79. The smallest absolute Gasteiger partial charge is 0 e. The van der Waals surface area contributed by atoms with E-state index in [1.165, 1.54) is 0 Å². The monoisotopic (exact) mass is 325 g/mol. The molecule has 1 radical (unpaired) electrons. The van der Waals surface area contributed by atoms with Crippen molar-refractivity contribution < 1.29 is 20.1 Å². The van der Waals surface area contributed by atoms with Gasteiger partial charge in [-0.25, -0.2) is 0 Å². The van der Waals surface area contributed by atoms with Gasteiger partial charge >= 0.3 is 0 Å². The molecule has 2 aromatic rings. The normalized spacial score (nSPS) is 7.27. The zero-order valence-corrected chi connectivity index (χ0v) is 8.24. The first-order valence-electron chi connectivity index (χ1n) is 3.03. The minimum atomic E-state index is 0. The molecule has 0 unspecified atom stereocenters. The van der Waals surface area contributed by atoms with E-state index >= 15 is 0 Å². The van der Waals surface area contributed by atoms with Crippen molar-refractivity contribution in [3.63, 3.8) is 0 Å². The topological polar surface area (TPSA) is 28.2 Å². The summed E-state index contributed by atoms with van der Waals surface area (Å²) < 4.78 is 0. The van der Waals surface area contributed by atoms with Gasteiger partial charge in [0.2, 0.25) is 0 Å². The van der Waals surface area contributed by atoms with Crippen LogP contribution in [-0.4, -0.2) is 0 Å². The van der Waals surface area contributed by atoms with E-state index in [-0.39, 0.29) is 20.1 Å². The maximum Gasteiger partial charge on any atom is 0 e. The molecule has 0 aliphatic carbocycles. The van der Waals surface area contributed by atoms with Crippen LogP contribution in [0.3, 0.4) is 0 Å². The van der Waals surface area contributed by atoms with Crippen molar-refractivity contribution in [2.24, 2.45) is 0 Å². The first kappa shape index (κ1) is 10.2. The summed E-state index contributed by atoms with van der Waals surface area (Å²) in [5, 5.41) is 0. The summed E-state index contributed by atoms with van der Waals surface area (Å²) in [5.74, 6) is 0. The van der Waals surface area contributed by atoms with Crippen LogP contribution in [0.25, 0.3) is 0 Å². The van der Waals surface area contributed by atoms with E-state index in [1.54, 1.807) is 24.8 Å². The van der Waals surface area contributed by atoms with E-state index in [2.05, 4.69) is 9.97 Å². The Labute approximate surface area is 79.4 Å². The van der Waals surface area contributed by atoms with Gasteiger partial charge in [0.25, 0.3) is 0 Å². The fraction of sp³-hybridized carbons (Fsp3) is 0. The fourth-order valence-corrected chi connectivity index (χ4v) is 0.497. The summed E-state index contributed by atoms with van der Waals surface area (Å²) in [6.45, 7) is 0. The summed E-state index contributed by atoms with van der Waals surface area (Å²) >= 11 is 0. The van der Waals surface area contributed by atoms with Crippen LogP contribution in [-0.2, 0) is 20.1 Å². The van der Waals surface area contributed by atoms with Gasteiger partial charge in [0.05, 0.1) is 0 Å². The van der Waals surface area contributed by atoms with Crippen LogP contribution in [0.5, 0.6) is 0 Å². The molecule has 11 heavy (non-hydrogen) atoms. The third kappa shape index (κ3) is 5.64. The van der Waals surface area contributed by atoms with E-state index in [0.717, 1.165) is 0 Å². The molecule has 0 aliphatic rings. The molecule has 3 heteroatoms. The Morgan fingerprint density at radius 2 is 0.818 bits per heavy atom. The fourth-order valence-electron chi connectivity index (χ4n) is 0.497. The molecule has 0 aromatic carbocycles. The molecule has 61 valence electrons. The van der Waals surface area contributed by atoms with Crippen molar-refractivity contribution in [1.82, 2.24) is 9.97 Å². The molecule has 0 saturated heterocycles. The molecule has 0 bridgehead atoms. The van der Waals surface area contributed by atoms with Crippen LogP contribution < -0.4 is 9.97 Å². The molecular formula is C8H8IrN2-2. The number of hydrogen-bond donors (Lipinski definition) is 0. The van der Waals surface area contributed by atoms with Gasteiger partial charge in [-0.1, -0.05) is 24.3 Å². The van der Waals surface area contributed by atoms with Gasteiger partial charge in [0.15, 0.2) is 0 Å². The minimum absolute atomic E-state index is 0. The number of hydrogen-bond acceptors (Lipinski definition) is 0. The van der Waals surface area contributed by atoms with Crippen LogP contribution in [0.4, 0.5) is 0 Å². The van der Waals surface area contributed by atoms with Gasteiger partial charge < -0.3 is 9.97 Å². The maximum atomic E-state index is 3.72. The first-order valence-corrected chi connectivity index (χ1v) is 3.03. The predicted molar refractivity (Wildman–Crippen MR) is 39.5 cm³/mol. The Morgan fingerprint density at radius 1 is 0.545 bits per heavy atom. The van der Waals surface area contributed by atoms with Gasteiger partial charge in [0, 0.05) is 20.1 Å². The van der Waals surface area contributed by atoms with Crippen molar-refractivity contribution in [3.8, 4) is 0 Å². The Morgan fingerprint density at radius 3 is 0.909 bits per heavy atom. The summed E-state index contributed by atoms with van der Waals surface area (Å²) in [6.07, 6.45) is 7.00. The second kappa shape index (κ2) is 7.32. The van der Waals surface area contributed by atoms with Crippen molar-refractivity contribution in [2.45, 2.75) is 0 Å². The molecule has 0 fully saturated rings. The standard InChI is InChI=1S/2C4H4N.Ir/c2*1-2-4-5-3-1;/h2*1-4H;/q2*-1;. The first-order chi connectivity index (χ1) is 5.00. The van der Waals surface area contributed by atoms with Gasteiger partial charge in [-0.2, -0.15) is 24.8 Å². The Hall–Kier alpha value is -0.791. The largest absolute Gasteiger partial charge is 0.670 e. The molecular weight excluding hydrogens is 316 g/mol. The number of aromatic nitrogens is 2. The molecule has 2 aromatic heterocycles. The van der Waals surface area contributed by atoms with Crippen LogP contribution in [0.2, 0.25) is 0 Å². The second-order valence-corrected chi connectivity index (χ2v) is 1.66. The molecule has 0 atom stereocenters. The van der Waals surface area contributed by atoms with E-state index in [0.29, 0.717) is 0 Å². The Balaban J connectivity index is 0.000000167. The van der Waals surface area contributed by atoms with Crippen LogP contribution in [0.1, 0.15) is 0 Å². The second-order valence-electron chi connectivity index (χ2n) is 1.66. The quantitative estimate of drug-likeness (QED) is 0.730. The van der Waals surface area contributed by atoms with Gasteiger partial charge in [-0.3, -0.25) is 0 Å². The minimum Gasteiger partial charge on any atom is -0.670 e. The average Bonchev–Trinajstić information content (AvgIpc) is 2.67. The van der Waals surface area contributed by atoms with Crippen molar-refractivity contribution in [1.29, 1.82) is 0 Å². The molecule has 0 aliphatic heterocycles. The van der Waals surface area contributed by atoms with E-state index < -0.39 is 0 Å². The Bertz CT molecular complexity index is 151. The van der Waals surface area contributed by atoms with E-state index in [9.17, 15) is 0 Å². The van der Waals surface area contributed by atoms with Gasteiger partial charge in [-0.15, -0.1) is 0 Å². The molecule has 2 nitrogen and oxygen atoms in total. The molecule has 0 N–H and O–H groups in total. The number of rotatable bonds is 0. The summed E-state index contributed by atoms with van der Waals surface area (Å²) in [4.78, 5) is 7.44. The van der Waals surface area contributed by atoms with Crippen molar-refractivity contribution in [2.75, 3.05) is 0 Å². The van der Waals surface area contributed by atoms with Crippen LogP contribution in [0.15, 0.2) is 49.1 Å². The maximum absolute atomic E-state index is 3.72. The third-order valence-corrected chi connectivity index (χ3v) is 0.911. The summed E-state index contributed by atoms with van der Waals surface area (Å²) in [6, 6.07) is 7.56.